The first-order valence-electron chi connectivity index (χ1n) is 20.1. The van der Waals surface area contributed by atoms with Crippen molar-refractivity contribution in [3.8, 4) is 22.3 Å². The summed E-state index contributed by atoms with van der Waals surface area (Å²) in [7, 11) is 0. The highest BCUT2D eigenvalue weighted by Gasteiger charge is 2.52. The summed E-state index contributed by atoms with van der Waals surface area (Å²) in [6.45, 7) is 13.1. The molecule has 0 amide bonds. The monoisotopic (exact) mass is 734 g/mol. The minimum atomic E-state index is -0.521. The Morgan fingerprint density at radius 2 is 0.649 bits per heavy atom. The van der Waals surface area contributed by atoms with Crippen LogP contribution in [0.25, 0.3) is 22.3 Å². The lowest BCUT2D eigenvalue weighted by Crippen LogP contribution is -2.26. The fraction of sp³-hybridized carbons (Fsp3) is 0.127. The van der Waals surface area contributed by atoms with Gasteiger partial charge in [-0.15, -0.1) is 0 Å². The van der Waals surface area contributed by atoms with Crippen LogP contribution in [0, 0.1) is 41.5 Å². The van der Waals surface area contributed by atoms with Gasteiger partial charge in [0.05, 0.1) is 5.41 Å². The van der Waals surface area contributed by atoms with E-state index in [-0.39, 0.29) is 0 Å². The van der Waals surface area contributed by atoms with Gasteiger partial charge in [0.1, 0.15) is 0 Å². The predicted molar refractivity (Wildman–Crippen MR) is 241 cm³/mol. The molecule has 2 aliphatic rings. The van der Waals surface area contributed by atoms with Crippen molar-refractivity contribution in [2.75, 3.05) is 9.80 Å². The molecule has 0 bridgehead atoms. The number of nitrogens with zero attached hydrogens (tertiary/aromatic N) is 2. The zero-order chi connectivity index (χ0) is 39.0. The Hall–Kier alpha value is -6.64. The summed E-state index contributed by atoms with van der Waals surface area (Å²) in [6.07, 6.45) is 0. The largest absolute Gasteiger partial charge is 0.310 e. The smallest absolute Gasteiger partial charge is 0.0727 e. The van der Waals surface area contributed by atoms with Crippen molar-refractivity contribution in [1.29, 1.82) is 0 Å². The van der Waals surface area contributed by atoms with E-state index in [9.17, 15) is 0 Å². The average Bonchev–Trinajstić information content (AvgIpc) is 3.68. The highest BCUT2D eigenvalue weighted by Crippen LogP contribution is 2.64. The molecular weight excluding hydrogens is 689 g/mol. The number of anilines is 6. The molecule has 276 valence electrons. The number of hydrogen-bond acceptors (Lipinski definition) is 2. The summed E-state index contributed by atoms with van der Waals surface area (Å²) in [4.78, 5) is 4.89. The maximum absolute atomic E-state index is 2.49. The van der Waals surface area contributed by atoms with E-state index in [1.165, 1.54) is 89.3 Å². The maximum atomic E-state index is 2.49. The second-order valence-corrected chi connectivity index (χ2v) is 16.2. The Labute approximate surface area is 337 Å². The molecular formula is C55H46N2. The molecule has 0 fully saturated rings. The lowest BCUT2D eigenvalue weighted by Gasteiger charge is -2.33. The van der Waals surface area contributed by atoms with Gasteiger partial charge in [-0.25, -0.2) is 0 Å². The van der Waals surface area contributed by atoms with Gasteiger partial charge in [0.2, 0.25) is 0 Å². The van der Waals surface area contributed by atoms with Crippen molar-refractivity contribution in [2.45, 2.75) is 47.0 Å². The van der Waals surface area contributed by atoms with Crippen LogP contribution in [0.15, 0.2) is 170 Å². The molecule has 0 saturated carbocycles. The number of aryl methyl sites for hydroxylation is 6. The van der Waals surface area contributed by atoms with Crippen LogP contribution in [0.4, 0.5) is 34.1 Å². The summed E-state index contributed by atoms with van der Waals surface area (Å²) in [5.74, 6) is 0. The van der Waals surface area contributed by atoms with Gasteiger partial charge < -0.3 is 9.80 Å². The molecule has 8 aromatic rings. The molecule has 0 unspecified atom stereocenters. The fourth-order valence-electron chi connectivity index (χ4n) is 9.75. The third kappa shape index (κ3) is 5.39. The lowest BCUT2D eigenvalue weighted by atomic mass is 9.70. The number of rotatable bonds is 6. The normalized spacial score (nSPS) is 12.9. The van der Waals surface area contributed by atoms with Gasteiger partial charge in [0.25, 0.3) is 0 Å². The number of hydrogen-bond donors (Lipinski definition) is 0. The first kappa shape index (κ1) is 34.8. The van der Waals surface area contributed by atoms with Crippen LogP contribution in [0.3, 0.4) is 0 Å². The molecule has 2 aliphatic carbocycles. The minimum absolute atomic E-state index is 0.521. The summed E-state index contributed by atoms with van der Waals surface area (Å²) in [6, 6.07) is 64.1. The van der Waals surface area contributed by atoms with Gasteiger partial charge in [-0.05, 0) is 158 Å². The van der Waals surface area contributed by atoms with Crippen LogP contribution >= 0.6 is 0 Å². The van der Waals surface area contributed by atoms with E-state index in [1.54, 1.807) is 0 Å². The standard InChI is InChI=1S/C55H46N2/c1-35-15-21-41(22-16-35)56(53-29-19-37(3)31-39(53)5)43-25-27-47-48-28-26-44(57(42-23-17-36(2)18-24-42)54-30-20-38(4)32-40(54)6)34-52(48)55(51(47)33-43)49-13-9-7-11-45(49)46-12-8-10-14-50(46)55/h7-34H,1-6H3. The third-order valence-corrected chi connectivity index (χ3v) is 12.3. The van der Waals surface area contributed by atoms with Gasteiger partial charge in [-0.1, -0.05) is 131 Å². The summed E-state index contributed by atoms with van der Waals surface area (Å²) >= 11 is 0. The van der Waals surface area contributed by atoms with Crippen LogP contribution in [0.1, 0.15) is 55.6 Å². The van der Waals surface area contributed by atoms with Crippen LogP contribution in [-0.4, -0.2) is 0 Å². The van der Waals surface area contributed by atoms with Gasteiger partial charge in [-0.2, -0.15) is 0 Å². The Balaban J connectivity index is 1.26. The molecule has 2 nitrogen and oxygen atoms in total. The van der Waals surface area contributed by atoms with E-state index < -0.39 is 5.41 Å². The molecule has 0 N–H and O–H groups in total. The SMILES string of the molecule is Cc1ccc(N(c2ccc3c(c2)C2(c4ccccc4-c4ccccc42)c2cc(N(c4ccc(C)cc4)c4ccc(C)cc4C)ccc2-3)c2ccc(C)cc2C)cc1. The van der Waals surface area contributed by atoms with Crippen molar-refractivity contribution in [2.24, 2.45) is 0 Å². The molecule has 0 aromatic heterocycles. The Morgan fingerprint density at radius 1 is 0.298 bits per heavy atom. The van der Waals surface area contributed by atoms with E-state index in [0.717, 1.165) is 22.7 Å². The average molecular weight is 735 g/mol. The number of fused-ring (bicyclic) bond motifs is 10. The maximum Gasteiger partial charge on any atom is 0.0727 e. The Kier molecular flexibility index (Phi) is 8.09. The van der Waals surface area contributed by atoms with E-state index in [4.69, 9.17) is 0 Å². The summed E-state index contributed by atoms with van der Waals surface area (Å²) < 4.78 is 0. The van der Waals surface area contributed by atoms with E-state index >= 15 is 0 Å². The first-order valence-corrected chi connectivity index (χ1v) is 20.1. The van der Waals surface area contributed by atoms with Crippen LogP contribution < -0.4 is 9.80 Å². The quantitative estimate of drug-likeness (QED) is 0.168. The highest BCUT2D eigenvalue weighted by atomic mass is 15.2. The van der Waals surface area contributed by atoms with Gasteiger partial charge in [-0.3, -0.25) is 0 Å². The molecule has 8 aromatic carbocycles. The molecule has 10 rings (SSSR count). The Bertz CT molecular complexity index is 2660. The topological polar surface area (TPSA) is 6.48 Å². The molecule has 57 heavy (non-hydrogen) atoms. The molecule has 1 spiro atoms. The minimum Gasteiger partial charge on any atom is -0.310 e. The molecule has 0 saturated heterocycles. The zero-order valence-electron chi connectivity index (χ0n) is 33.6. The Morgan fingerprint density at radius 3 is 1.05 bits per heavy atom. The molecule has 0 atom stereocenters. The van der Waals surface area contributed by atoms with Crippen molar-refractivity contribution >= 4 is 34.1 Å². The van der Waals surface area contributed by atoms with Crippen molar-refractivity contribution < 1.29 is 0 Å². The molecule has 2 heteroatoms. The summed E-state index contributed by atoms with van der Waals surface area (Å²) in [5, 5.41) is 0. The van der Waals surface area contributed by atoms with E-state index in [2.05, 4.69) is 221 Å². The van der Waals surface area contributed by atoms with Crippen LogP contribution in [0.2, 0.25) is 0 Å². The highest BCUT2D eigenvalue weighted by molar-refractivity contribution is 5.97. The van der Waals surface area contributed by atoms with Gasteiger partial charge in [0.15, 0.2) is 0 Å². The first-order chi connectivity index (χ1) is 27.7. The van der Waals surface area contributed by atoms with Crippen molar-refractivity contribution in [3.05, 3.63) is 225 Å². The van der Waals surface area contributed by atoms with E-state index in [0.29, 0.717) is 0 Å². The zero-order valence-corrected chi connectivity index (χ0v) is 33.6. The van der Waals surface area contributed by atoms with Gasteiger partial charge in [0, 0.05) is 34.1 Å². The molecule has 0 aliphatic heterocycles. The second kappa shape index (κ2) is 13.2. The van der Waals surface area contributed by atoms with E-state index in [1.807, 2.05) is 0 Å². The van der Waals surface area contributed by atoms with Gasteiger partial charge >= 0.3 is 0 Å². The van der Waals surface area contributed by atoms with Crippen LogP contribution in [0.5, 0.6) is 0 Å². The lowest BCUT2D eigenvalue weighted by molar-refractivity contribution is 0.793. The fourth-order valence-corrected chi connectivity index (χ4v) is 9.75. The van der Waals surface area contributed by atoms with Crippen LogP contribution in [-0.2, 0) is 5.41 Å². The third-order valence-electron chi connectivity index (χ3n) is 12.3. The summed E-state index contributed by atoms with van der Waals surface area (Å²) in [5.41, 5.74) is 24.4. The molecule has 0 radical (unpaired) electrons. The second-order valence-electron chi connectivity index (χ2n) is 16.2. The van der Waals surface area contributed by atoms with Crippen molar-refractivity contribution in [3.63, 3.8) is 0 Å². The van der Waals surface area contributed by atoms with Crippen molar-refractivity contribution in [1.82, 2.24) is 0 Å². The number of benzene rings is 8. The predicted octanol–water partition coefficient (Wildman–Crippen LogP) is 14.8. The molecule has 0 heterocycles.